The summed E-state index contributed by atoms with van der Waals surface area (Å²) in [4.78, 5) is 23.9. The van der Waals surface area contributed by atoms with Crippen LogP contribution in [0.5, 0.6) is 0 Å². The Morgan fingerprint density at radius 1 is 0.778 bits per heavy atom. The third kappa shape index (κ3) is 11.1. The zero-order chi connectivity index (χ0) is 27.1. The van der Waals surface area contributed by atoms with Gasteiger partial charge in [-0.25, -0.2) is 9.59 Å². The third-order valence-corrected chi connectivity index (χ3v) is 5.78. The number of hydrogen-bond donors (Lipinski definition) is 1. The van der Waals surface area contributed by atoms with Crippen molar-refractivity contribution in [2.24, 2.45) is 0 Å². The summed E-state index contributed by atoms with van der Waals surface area (Å²) >= 11 is 0. The maximum atomic E-state index is 12.2. The smallest absolute Gasteiger partial charge is 0.425 e. The standard InChI is InChI=1S/C24H30O7S.O3S/c1-3-5-7-15-30-23(25)19-11-9-18(10-12-19)21-14-13-20(17-22(21)32(27,28)29)24(26)31-16-8-6-4-2;1-4(2)3/h9-14,17H,3-8,15-16H2,1-2H3,(H,27,28,29);. The third-order valence-electron chi connectivity index (χ3n) is 4.89. The maximum absolute atomic E-state index is 12.2. The van der Waals surface area contributed by atoms with E-state index in [1.807, 2.05) is 6.92 Å². The summed E-state index contributed by atoms with van der Waals surface area (Å²) in [6.07, 6.45) is 5.42. The predicted molar refractivity (Wildman–Crippen MR) is 131 cm³/mol. The molecule has 0 amide bonds. The van der Waals surface area contributed by atoms with E-state index in [0.29, 0.717) is 17.7 Å². The van der Waals surface area contributed by atoms with Crippen LogP contribution in [0.15, 0.2) is 47.4 Å². The number of rotatable bonds is 12. The van der Waals surface area contributed by atoms with Gasteiger partial charge in [-0.3, -0.25) is 4.55 Å². The van der Waals surface area contributed by atoms with Gasteiger partial charge in [0, 0.05) is 5.56 Å². The van der Waals surface area contributed by atoms with Crippen LogP contribution in [-0.4, -0.2) is 50.7 Å². The van der Waals surface area contributed by atoms with Gasteiger partial charge in [0.1, 0.15) is 4.90 Å². The molecule has 0 saturated carbocycles. The molecule has 0 aliphatic rings. The molecule has 12 heteroatoms. The van der Waals surface area contributed by atoms with E-state index in [0.717, 1.165) is 44.6 Å². The minimum Gasteiger partial charge on any atom is -0.462 e. The second kappa shape index (κ2) is 15.8. The van der Waals surface area contributed by atoms with E-state index in [1.54, 1.807) is 12.1 Å². The van der Waals surface area contributed by atoms with E-state index in [4.69, 9.17) is 22.1 Å². The van der Waals surface area contributed by atoms with Crippen molar-refractivity contribution >= 4 is 32.7 Å². The van der Waals surface area contributed by atoms with Crippen LogP contribution in [0.2, 0.25) is 0 Å². The molecule has 0 atom stereocenters. The molecular formula is C24H30O10S2. The Kier molecular flexibility index (Phi) is 13.6. The number of unbranched alkanes of at least 4 members (excludes halogenated alkanes) is 4. The first-order chi connectivity index (χ1) is 17.0. The first-order valence-corrected chi connectivity index (χ1v) is 13.8. The summed E-state index contributed by atoms with van der Waals surface area (Å²) in [7, 11) is -7.72. The first-order valence-electron chi connectivity index (χ1n) is 11.3. The van der Waals surface area contributed by atoms with Crippen molar-refractivity contribution in [3.63, 3.8) is 0 Å². The highest BCUT2D eigenvalue weighted by molar-refractivity contribution is 7.86. The molecule has 10 nitrogen and oxygen atoms in total. The fraction of sp³-hybridized carbons (Fsp3) is 0.417. The SMILES string of the molecule is CCCCCOC(=O)c1ccc(-c2ccc(C(=O)OCCCCC)cc2S(=O)(=O)O)cc1.O=S(=O)=O. The largest absolute Gasteiger partial charge is 0.462 e. The Morgan fingerprint density at radius 2 is 1.22 bits per heavy atom. The van der Waals surface area contributed by atoms with Crippen molar-refractivity contribution in [1.29, 1.82) is 0 Å². The molecule has 198 valence electrons. The van der Waals surface area contributed by atoms with Gasteiger partial charge in [0.2, 0.25) is 0 Å². The van der Waals surface area contributed by atoms with Gasteiger partial charge in [0.05, 0.1) is 24.3 Å². The van der Waals surface area contributed by atoms with Crippen molar-refractivity contribution in [1.82, 2.24) is 0 Å². The Morgan fingerprint density at radius 3 is 1.67 bits per heavy atom. The highest BCUT2D eigenvalue weighted by Crippen LogP contribution is 2.29. The number of ether oxygens (including phenoxy) is 2. The van der Waals surface area contributed by atoms with Crippen LogP contribution >= 0.6 is 0 Å². The summed E-state index contributed by atoms with van der Waals surface area (Å²) in [6.45, 7) is 4.68. The predicted octanol–water partition coefficient (Wildman–Crippen LogP) is 4.29. The van der Waals surface area contributed by atoms with Crippen LogP contribution in [0.4, 0.5) is 0 Å². The molecule has 0 aliphatic carbocycles. The van der Waals surface area contributed by atoms with E-state index in [9.17, 15) is 22.6 Å². The molecule has 0 unspecified atom stereocenters. The summed E-state index contributed by atoms with van der Waals surface area (Å²) in [5.41, 5.74) is 1.04. The Hall–Kier alpha value is -3.09. The molecule has 2 aromatic rings. The zero-order valence-corrected chi connectivity index (χ0v) is 21.8. The number of hydrogen-bond acceptors (Lipinski definition) is 9. The van der Waals surface area contributed by atoms with Crippen LogP contribution in [0, 0.1) is 0 Å². The lowest BCUT2D eigenvalue weighted by atomic mass is 10.0. The summed E-state index contributed by atoms with van der Waals surface area (Å²) < 4.78 is 69.4. The van der Waals surface area contributed by atoms with Crippen LogP contribution in [-0.2, 0) is 30.2 Å². The molecule has 0 heterocycles. The van der Waals surface area contributed by atoms with Crippen LogP contribution in [0.3, 0.4) is 0 Å². The average Bonchev–Trinajstić information content (AvgIpc) is 2.83. The summed E-state index contributed by atoms with van der Waals surface area (Å²) in [6, 6.07) is 10.2. The number of benzene rings is 2. The van der Waals surface area contributed by atoms with Gasteiger partial charge in [-0.1, -0.05) is 57.7 Å². The highest BCUT2D eigenvalue weighted by atomic mass is 32.2. The fourth-order valence-electron chi connectivity index (χ4n) is 3.09. The Balaban J connectivity index is 0.00000150. The fourth-order valence-corrected chi connectivity index (χ4v) is 3.83. The van der Waals surface area contributed by atoms with Gasteiger partial charge in [0.25, 0.3) is 10.1 Å². The number of carbonyl (C=O) groups excluding carboxylic acids is 2. The normalized spacial score (nSPS) is 10.6. The quantitative estimate of drug-likeness (QED) is 0.233. The van der Waals surface area contributed by atoms with Crippen molar-refractivity contribution in [2.45, 2.75) is 57.3 Å². The van der Waals surface area contributed by atoms with Gasteiger partial charge >= 0.3 is 22.5 Å². The van der Waals surface area contributed by atoms with Crippen molar-refractivity contribution in [3.8, 4) is 11.1 Å². The minimum absolute atomic E-state index is 0.0325. The van der Waals surface area contributed by atoms with E-state index >= 15 is 0 Å². The molecule has 1 N–H and O–H groups in total. The monoisotopic (exact) mass is 542 g/mol. The molecule has 0 bridgehead atoms. The van der Waals surface area contributed by atoms with Gasteiger partial charge < -0.3 is 9.47 Å². The molecular weight excluding hydrogens is 512 g/mol. The van der Waals surface area contributed by atoms with Crippen LogP contribution < -0.4 is 0 Å². The molecule has 0 aromatic heterocycles. The Labute approximate surface area is 212 Å². The highest BCUT2D eigenvalue weighted by Gasteiger charge is 2.20. The molecule has 2 aromatic carbocycles. The molecule has 0 spiro atoms. The van der Waals surface area contributed by atoms with Crippen molar-refractivity contribution in [3.05, 3.63) is 53.6 Å². The molecule has 0 saturated heterocycles. The average molecular weight is 543 g/mol. The van der Waals surface area contributed by atoms with Crippen molar-refractivity contribution < 1.29 is 44.7 Å². The lowest BCUT2D eigenvalue weighted by Crippen LogP contribution is -2.09. The molecule has 0 aliphatic heterocycles. The lowest BCUT2D eigenvalue weighted by molar-refractivity contribution is 0.0488. The maximum Gasteiger partial charge on any atom is 0.425 e. The molecule has 0 radical (unpaired) electrons. The summed E-state index contributed by atoms with van der Waals surface area (Å²) in [5.74, 6) is -1.11. The van der Waals surface area contributed by atoms with Gasteiger partial charge in [-0.15, -0.1) is 12.6 Å². The van der Waals surface area contributed by atoms with E-state index in [-0.39, 0.29) is 17.7 Å². The van der Waals surface area contributed by atoms with Crippen molar-refractivity contribution in [2.75, 3.05) is 13.2 Å². The topological polar surface area (TPSA) is 158 Å². The molecule has 0 fully saturated rings. The van der Waals surface area contributed by atoms with Gasteiger partial charge in [-0.05, 0) is 42.7 Å². The second-order valence-electron chi connectivity index (χ2n) is 7.65. The van der Waals surface area contributed by atoms with E-state index in [1.165, 1.54) is 24.3 Å². The molecule has 2 rings (SSSR count). The number of esters is 2. The minimum atomic E-state index is -4.61. The van der Waals surface area contributed by atoms with Gasteiger partial charge in [-0.2, -0.15) is 8.42 Å². The van der Waals surface area contributed by atoms with Gasteiger partial charge in [0.15, 0.2) is 0 Å². The van der Waals surface area contributed by atoms with Crippen LogP contribution in [0.25, 0.3) is 11.1 Å². The summed E-state index contributed by atoms with van der Waals surface area (Å²) in [5, 5.41) is 0. The first kappa shape index (κ1) is 30.9. The molecule has 36 heavy (non-hydrogen) atoms. The van der Waals surface area contributed by atoms with Crippen LogP contribution in [0.1, 0.15) is 73.1 Å². The Bertz CT molecular complexity index is 1210. The second-order valence-corrected chi connectivity index (χ2v) is 9.45. The zero-order valence-electron chi connectivity index (χ0n) is 20.1. The van der Waals surface area contributed by atoms with E-state index in [2.05, 4.69) is 6.92 Å². The number of carbonyl (C=O) groups is 2. The lowest BCUT2D eigenvalue weighted by Gasteiger charge is -2.11. The van der Waals surface area contributed by atoms with E-state index < -0.39 is 37.6 Å².